The number of nitrogens with two attached hydrogens (primary N) is 1. The second-order valence-corrected chi connectivity index (χ2v) is 4.95. The van der Waals surface area contributed by atoms with Gasteiger partial charge in [-0.2, -0.15) is 0 Å². The van der Waals surface area contributed by atoms with Gasteiger partial charge in [-0.05, 0) is 41.5 Å². The molecule has 0 aliphatic rings. The van der Waals surface area contributed by atoms with E-state index < -0.39 is 5.82 Å². The van der Waals surface area contributed by atoms with Gasteiger partial charge in [0.25, 0.3) is 0 Å². The van der Waals surface area contributed by atoms with Gasteiger partial charge in [0.1, 0.15) is 12.4 Å². The van der Waals surface area contributed by atoms with Crippen LogP contribution in [0, 0.1) is 11.6 Å². The summed E-state index contributed by atoms with van der Waals surface area (Å²) in [4.78, 5) is 0. The monoisotopic (exact) mass is 327 g/mol. The van der Waals surface area contributed by atoms with Crippen LogP contribution in [0.2, 0.25) is 0 Å². The first-order valence-corrected chi connectivity index (χ1v) is 6.44. The first-order chi connectivity index (χ1) is 9.08. The van der Waals surface area contributed by atoms with E-state index in [1.807, 2.05) is 0 Å². The zero-order valence-corrected chi connectivity index (χ0v) is 11.6. The van der Waals surface area contributed by atoms with E-state index in [1.54, 1.807) is 12.1 Å². The Bertz CT molecular complexity index is 569. The van der Waals surface area contributed by atoms with Gasteiger partial charge >= 0.3 is 0 Å². The fourth-order valence-electron chi connectivity index (χ4n) is 1.64. The van der Waals surface area contributed by atoms with Crippen molar-refractivity contribution in [3.05, 3.63) is 63.6 Å². The lowest BCUT2D eigenvalue weighted by Gasteiger charge is -2.09. The summed E-state index contributed by atoms with van der Waals surface area (Å²) >= 11 is 3.19. The first kappa shape index (κ1) is 14.0. The Kier molecular flexibility index (Phi) is 4.50. The van der Waals surface area contributed by atoms with Crippen LogP contribution < -0.4 is 10.5 Å². The van der Waals surface area contributed by atoms with Crippen molar-refractivity contribution in [2.45, 2.75) is 13.2 Å². The van der Waals surface area contributed by atoms with E-state index in [2.05, 4.69) is 15.9 Å². The van der Waals surface area contributed by atoms with Gasteiger partial charge in [0.2, 0.25) is 0 Å². The second-order valence-electron chi connectivity index (χ2n) is 4.04. The maximum atomic E-state index is 13.6. The summed E-state index contributed by atoms with van der Waals surface area (Å²) in [7, 11) is 0. The fourth-order valence-corrected chi connectivity index (χ4v) is 2.16. The molecule has 19 heavy (non-hydrogen) atoms. The molecule has 0 bridgehead atoms. The standard InChI is InChI=1S/C14H12BrF2NO/c15-11-3-10(4-12(16)6-11)8-19-14-2-1-9(7-18)5-13(14)17/h1-6H,7-8,18H2. The van der Waals surface area contributed by atoms with Crippen LogP contribution in [-0.4, -0.2) is 0 Å². The Morgan fingerprint density at radius 1 is 1.05 bits per heavy atom. The number of ether oxygens (including phenoxy) is 1. The minimum absolute atomic E-state index is 0.0925. The van der Waals surface area contributed by atoms with Crippen molar-refractivity contribution in [1.82, 2.24) is 0 Å². The Morgan fingerprint density at radius 2 is 1.84 bits per heavy atom. The lowest BCUT2D eigenvalue weighted by Crippen LogP contribution is -2.01. The molecule has 0 fully saturated rings. The molecule has 2 aromatic carbocycles. The molecule has 0 saturated carbocycles. The molecule has 0 saturated heterocycles. The van der Waals surface area contributed by atoms with Crippen LogP contribution in [0.15, 0.2) is 40.9 Å². The van der Waals surface area contributed by atoms with Crippen molar-refractivity contribution < 1.29 is 13.5 Å². The summed E-state index contributed by atoms with van der Waals surface area (Å²) in [5.74, 6) is -0.720. The minimum atomic E-state index is -0.474. The molecule has 2 N–H and O–H groups in total. The zero-order chi connectivity index (χ0) is 13.8. The van der Waals surface area contributed by atoms with Crippen molar-refractivity contribution >= 4 is 15.9 Å². The third kappa shape index (κ3) is 3.75. The molecule has 0 heterocycles. The van der Waals surface area contributed by atoms with Gasteiger partial charge in [-0.15, -0.1) is 0 Å². The van der Waals surface area contributed by atoms with Crippen molar-refractivity contribution in [3.8, 4) is 5.75 Å². The summed E-state index contributed by atoms with van der Waals surface area (Å²) in [5, 5.41) is 0. The van der Waals surface area contributed by atoms with Crippen LogP contribution in [0.5, 0.6) is 5.75 Å². The molecular formula is C14H12BrF2NO. The van der Waals surface area contributed by atoms with E-state index in [1.165, 1.54) is 24.3 Å². The van der Waals surface area contributed by atoms with Crippen LogP contribution in [-0.2, 0) is 13.2 Å². The molecule has 5 heteroatoms. The molecule has 2 nitrogen and oxygen atoms in total. The van der Waals surface area contributed by atoms with E-state index in [4.69, 9.17) is 10.5 Å². The normalized spacial score (nSPS) is 10.5. The highest BCUT2D eigenvalue weighted by Crippen LogP contribution is 2.21. The van der Waals surface area contributed by atoms with Gasteiger partial charge in [0.05, 0.1) is 0 Å². The highest BCUT2D eigenvalue weighted by Gasteiger charge is 2.06. The second kappa shape index (κ2) is 6.12. The fraction of sp³-hybridized carbons (Fsp3) is 0.143. The van der Waals surface area contributed by atoms with Crippen molar-refractivity contribution in [2.75, 3.05) is 0 Å². The Hall–Kier alpha value is -1.46. The lowest BCUT2D eigenvalue weighted by molar-refractivity contribution is 0.289. The smallest absolute Gasteiger partial charge is 0.165 e. The zero-order valence-electron chi connectivity index (χ0n) is 10.00. The summed E-state index contributed by atoms with van der Waals surface area (Å²) in [5.41, 5.74) is 6.73. The average molecular weight is 328 g/mol. The predicted octanol–water partition coefficient (Wildman–Crippen LogP) is 3.77. The summed E-state index contributed by atoms with van der Waals surface area (Å²) in [6.45, 7) is 0.364. The predicted molar refractivity (Wildman–Crippen MR) is 72.7 cm³/mol. The van der Waals surface area contributed by atoms with Crippen LogP contribution in [0.3, 0.4) is 0 Å². The number of hydrogen-bond acceptors (Lipinski definition) is 2. The summed E-state index contributed by atoms with van der Waals surface area (Å²) < 4.78 is 32.7. The van der Waals surface area contributed by atoms with Gasteiger partial charge in [0, 0.05) is 11.0 Å². The number of benzene rings is 2. The first-order valence-electron chi connectivity index (χ1n) is 5.65. The van der Waals surface area contributed by atoms with Gasteiger partial charge in [-0.3, -0.25) is 0 Å². The molecule has 0 spiro atoms. The molecule has 0 aromatic heterocycles. The molecule has 0 unspecified atom stereocenters. The summed E-state index contributed by atoms with van der Waals surface area (Å²) in [6, 6.07) is 8.95. The highest BCUT2D eigenvalue weighted by atomic mass is 79.9. The topological polar surface area (TPSA) is 35.2 Å². The SMILES string of the molecule is NCc1ccc(OCc2cc(F)cc(Br)c2)c(F)c1. The van der Waals surface area contributed by atoms with Crippen LogP contribution >= 0.6 is 15.9 Å². The molecule has 2 rings (SSSR count). The third-order valence-electron chi connectivity index (χ3n) is 2.55. The number of rotatable bonds is 4. The van der Waals surface area contributed by atoms with Crippen LogP contribution in [0.1, 0.15) is 11.1 Å². The summed E-state index contributed by atoms with van der Waals surface area (Å²) in [6.07, 6.45) is 0. The quantitative estimate of drug-likeness (QED) is 0.927. The Labute approximate surface area is 118 Å². The van der Waals surface area contributed by atoms with Crippen molar-refractivity contribution in [1.29, 1.82) is 0 Å². The van der Waals surface area contributed by atoms with Crippen LogP contribution in [0.25, 0.3) is 0 Å². The highest BCUT2D eigenvalue weighted by molar-refractivity contribution is 9.10. The van der Waals surface area contributed by atoms with E-state index in [0.717, 1.165) is 0 Å². The van der Waals surface area contributed by atoms with Crippen molar-refractivity contribution in [3.63, 3.8) is 0 Å². The van der Waals surface area contributed by atoms with E-state index in [-0.39, 0.29) is 24.7 Å². The maximum Gasteiger partial charge on any atom is 0.165 e. The maximum absolute atomic E-state index is 13.6. The molecule has 0 amide bonds. The van der Waals surface area contributed by atoms with E-state index >= 15 is 0 Å². The molecule has 0 radical (unpaired) electrons. The van der Waals surface area contributed by atoms with Crippen molar-refractivity contribution in [2.24, 2.45) is 5.73 Å². The Balaban J connectivity index is 2.10. The Morgan fingerprint density at radius 3 is 2.47 bits per heavy atom. The minimum Gasteiger partial charge on any atom is -0.486 e. The molecule has 2 aromatic rings. The lowest BCUT2D eigenvalue weighted by atomic mass is 10.2. The number of hydrogen-bond donors (Lipinski definition) is 1. The molecule has 100 valence electrons. The molecule has 0 aliphatic heterocycles. The molecular weight excluding hydrogens is 316 g/mol. The van der Waals surface area contributed by atoms with Gasteiger partial charge in [-0.1, -0.05) is 22.0 Å². The van der Waals surface area contributed by atoms with Gasteiger partial charge in [0.15, 0.2) is 11.6 Å². The van der Waals surface area contributed by atoms with Gasteiger partial charge in [-0.25, -0.2) is 8.78 Å². The van der Waals surface area contributed by atoms with E-state index in [0.29, 0.717) is 15.6 Å². The van der Waals surface area contributed by atoms with Gasteiger partial charge < -0.3 is 10.5 Å². The van der Waals surface area contributed by atoms with E-state index in [9.17, 15) is 8.78 Å². The third-order valence-corrected chi connectivity index (χ3v) is 3.01. The molecule has 0 atom stereocenters. The largest absolute Gasteiger partial charge is 0.486 e. The molecule has 0 aliphatic carbocycles. The average Bonchev–Trinajstić information content (AvgIpc) is 2.36. The van der Waals surface area contributed by atoms with Crippen LogP contribution in [0.4, 0.5) is 8.78 Å². The number of halogens is 3.